The van der Waals surface area contributed by atoms with Gasteiger partial charge in [-0.2, -0.15) is 4.39 Å². The van der Waals surface area contributed by atoms with Crippen LogP contribution in [0.25, 0.3) is 0 Å². The van der Waals surface area contributed by atoms with Crippen molar-refractivity contribution in [3.05, 3.63) is 85.2 Å². The number of allylic oxidation sites excluding steroid dienone is 7. The first-order valence-corrected chi connectivity index (χ1v) is 8.93. The van der Waals surface area contributed by atoms with Crippen LogP contribution < -0.4 is 0 Å². The van der Waals surface area contributed by atoms with Gasteiger partial charge in [-0.25, -0.2) is 8.78 Å². The Bertz CT molecular complexity index is 746. The van der Waals surface area contributed by atoms with Gasteiger partial charge < -0.3 is 9.84 Å². The zero-order chi connectivity index (χ0) is 23.1. The van der Waals surface area contributed by atoms with Crippen molar-refractivity contribution in [1.29, 1.82) is 0 Å². The largest absolute Gasteiger partial charge is 0.505 e. The van der Waals surface area contributed by atoms with Gasteiger partial charge in [0.05, 0.1) is 12.7 Å². The molecule has 0 amide bonds. The first-order valence-electron chi connectivity index (χ1n) is 8.93. The zero-order valence-electron chi connectivity index (χ0n) is 17.7. The van der Waals surface area contributed by atoms with Crippen molar-refractivity contribution in [2.45, 2.75) is 33.6 Å². The van der Waals surface area contributed by atoms with Crippen LogP contribution in [0, 0.1) is 23.7 Å². The van der Waals surface area contributed by atoms with Gasteiger partial charge in [0.25, 0.3) is 0 Å². The standard InChI is InChI=1S/C21H25F3O2.C3H6/c1-13(9-11-15(3)20(23)21(24)18(6)25)8-10-14(2)17(5)19(22)12-16(4)26-7;1-3-2/h12-14,25H,3-6,8,10H2,1-2,7H3;3H,1H2,2H3/b19-12+,21-20-;. The van der Waals surface area contributed by atoms with E-state index in [9.17, 15) is 13.2 Å². The molecular weight excluding hydrogens is 377 g/mol. The first-order chi connectivity index (χ1) is 13.4. The molecule has 0 rings (SSSR count). The summed E-state index contributed by atoms with van der Waals surface area (Å²) in [5.74, 6) is 0.725. The fraction of sp³-hybridized carbons (Fsp3) is 0.333. The molecule has 0 heterocycles. The maximum Gasteiger partial charge on any atom is 0.200 e. The van der Waals surface area contributed by atoms with E-state index in [1.54, 1.807) is 13.0 Å². The second-order valence-corrected chi connectivity index (χ2v) is 6.30. The van der Waals surface area contributed by atoms with Crippen LogP contribution in [0.2, 0.25) is 0 Å². The Kier molecular flexibility index (Phi) is 14.8. The van der Waals surface area contributed by atoms with Crippen molar-refractivity contribution in [2.24, 2.45) is 11.8 Å². The predicted octanol–water partition coefficient (Wildman–Crippen LogP) is 7.58. The number of halogens is 3. The smallest absolute Gasteiger partial charge is 0.200 e. The first kappa shape index (κ1) is 28.3. The summed E-state index contributed by atoms with van der Waals surface area (Å²) in [5.41, 5.74) is -0.0562. The molecular formula is C24H31F3O2. The minimum Gasteiger partial charge on any atom is -0.505 e. The van der Waals surface area contributed by atoms with E-state index in [4.69, 9.17) is 9.84 Å². The average molecular weight is 409 g/mol. The Morgan fingerprint density at radius 3 is 2.03 bits per heavy atom. The second-order valence-electron chi connectivity index (χ2n) is 6.30. The van der Waals surface area contributed by atoms with E-state index < -0.39 is 23.2 Å². The average Bonchev–Trinajstić information content (AvgIpc) is 2.68. The summed E-state index contributed by atoms with van der Waals surface area (Å²) in [5, 5.41) is 8.82. The van der Waals surface area contributed by atoms with Crippen LogP contribution in [0.3, 0.4) is 0 Å². The van der Waals surface area contributed by atoms with E-state index in [1.807, 2.05) is 13.8 Å². The van der Waals surface area contributed by atoms with Gasteiger partial charge in [0, 0.05) is 12.0 Å². The molecule has 2 atom stereocenters. The number of hydrogen-bond donors (Lipinski definition) is 1. The van der Waals surface area contributed by atoms with Crippen LogP contribution in [0.1, 0.15) is 33.6 Å². The van der Waals surface area contributed by atoms with Crippen molar-refractivity contribution >= 4 is 0 Å². The normalized spacial score (nSPS) is 13.3. The molecule has 29 heavy (non-hydrogen) atoms. The maximum absolute atomic E-state index is 14.0. The highest BCUT2D eigenvalue weighted by Gasteiger charge is 2.14. The number of aliphatic hydroxyl groups excluding tert-OH is 1. The van der Waals surface area contributed by atoms with E-state index in [1.165, 1.54) is 13.2 Å². The minimum absolute atomic E-state index is 0.143. The monoisotopic (exact) mass is 408 g/mol. The van der Waals surface area contributed by atoms with E-state index in [0.717, 1.165) is 0 Å². The third-order valence-electron chi connectivity index (χ3n) is 3.66. The van der Waals surface area contributed by atoms with Crippen LogP contribution in [0.15, 0.2) is 85.2 Å². The number of methoxy groups -OCH3 is 1. The molecule has 0 spiro atoms. The summed E-state index contributed by atoms with van der Waals surface area (Å²) >= 11 is 0. The topological polar surface area (TPSA) is 29.5 Å². The Balaban J connectivity index is 0. The fourth-order valence-corrected chi connectivity index (χ4v) is 1.80. The third-order valence-corrected chi connectivity index (χ3v) is 3.66. The van der Waals surface area contributed by atoms with Crippen molar-refractivity contribution in [2.75, 3.05) is 7.11 Å². The maximum atomic E-state index is 14.0. The molecule has 5 heteroatoms. The molecule has 0 aliphatic heterocycles. The summed E-state index contributed by atoms with van der Waals surface area (Å²) in [4.78, 5) is 0. The molecule has 0 fully saturated rings. The van der Waals surface area contributed by atoms with Crippen LogP contribution in [0.4, 0.5) is 13.2 Å². The highest BCUT2D eigenvalue weighted by atomic mass is 19.2. The van der Waals surface area contributed by atoms with Gasteiger partial charge >= 0.3 is 0 Å². The number of aliphatic hydroxyl groups is 1. The summed E-state index contributed by atoms with van der Waals surface area (Å²) in [6.45, 7) is 22.3. The molecule has 0 aliphatic carbocycles. The lowest BCUT2D eigenvalue weighted by Gasteiger charge is -2.14. The molecule has 1 N–H and O–H groups in total. The SMILES string of the molecule is C=C(/C=C(/F)C(=C)C(C)CCC(C)C#CC(=C)/C(F)=C(/F)C(=C)O)OC.C=CC. The number of ether oxygens (including phenoxy) is 1. The summed E-state index contributed by atoms with van der Waals surface area (Å²) in [7, 11) is 1.40. The van der Waals surface area contributed by atoms with Gasteiger partial charge in [-0.15, -0.1) is 6.58 Å². The Labute approximate surface area is 173 Å². The van der Waals surface area contributed by atoms with Crippen LogP contribution in [-0.2, 0) is 4.74 Å². The third kappa shape index (κ3) is 12.2. The van der Waals surface area contributed by atoms with Gasteiger partial charge in [0.1, 0.15) is 17.3 Å². The van der Waals surface area contributed by atoms with Crippen molar-refractivity contribution in [3.63, 3.8) is 0 Å². The zero-order valence-corrected chi connectivity index (χ0v) is 17.7. The molecule has 0 aromatic carbocycles. The Morgan fingerprint density at radius 2 is 1.59 bits per heavy atom. The molecule has 0 bridgehead atoms. The number of hydrogen-bond acceptors (Lipinski definition) is 2. The van der Waals surface area contributed by atoms with E-state index >= 15 is 0 Å². The van der Waals surface area contributed by atoms with Crippen molar-refractivity contribution < 1.29 is 23.0 Å². The Morgan fingerprint density at radius 1 is 1.07 bits per heavy atom. The number of rotatable bonds is 9. The van der Waals surface area contributed by atoms with Crippen LogP contribution >= 0.6 is 0 Å². The van der Waals surface area contributed by atoms with Gasteiger partial charge in [0.15, 0.2) is 5.83 Å². The lowest BCUT2D eigenvalue weighted by Crippen LogP contribution is -2.03. The molecule has 2 nitrogen and oxygen atoms in total. The van der Waals surface area contributed by atoms with E-state index in [-0.39, 0.29) is 23.2 Å². The molecule has 0 saturated carbocycles. The summed E-state index contributed by atoms with van der Waals surface area (Å²) in [6, 6.07) is 0. The molecule has 0 aliphatic rings. The van der Waals surface area contributed by atoms with Crippen LogP contribution in [-0.4, -0.2) is 12.2 Å². The molecule has 0 saturated heterocycles. The fourth-order valence-electron chi connectivity index (χ4n) is 1.80. The lowest BCUT2D eigenvalue weighted by atomic mass is 9.92. The van der Waals surface area contributed by atoms with E-state index in [2.05, 4.69) is 44.7 Å². The molecule has 160 valence electrons. The summed E-state index contributed by atoms with van der Waals surface area (Å²) < 4.78 is 45.5. The second kappa shape index (κ2) is 15.1. The quantitative estimate of drug-likeness (QED) is 0.184. The van der Waals surface area contributed by atoms with Gasteiger partial charge in [-0.05, 0) is 31.3 Å². The summed E-state index contributed by atoms with van der Waals surface area (Å²) in [6.07, 6.45) is 4.12. The van der Waals surface area contributed by atoms with Gasteiger partial charge in [-0.1, -0.05) is 58.1 Å². The highest BCUT2D eigenvalue weighted by molar-refractivity contribution is 5.44. The highest BCUT2D eigenvalue weighted by Crippen LogP contribution is 2.26. The van der Waals surface area contributed by atoms with Crippen molar-refractivity contribution in [1.82, 2.24) is 0 Å². The van der Waals surface area contributed by atoms with E-state index in [0.29, 0.717) is 18.4 Å². The molecule has 0 aromatic rings. The van der Waals surface area contributed by atoms with Crippen LogP contribution in [0.5, 0.6) is 0 Å². The Hall–Kier alpha value is -2.87. The molecule has 2 unspecified atom stereocenters. The molecule has 0 aromatic heterocycles. The van der Waals surface area contributed by atoms with Gasteiger partial charge in [0.2, 0.25) is 5.83 Å². The van der Waals surface area contributed by atoms with Crippen molar-refractivity contribution in [3.8, 4) is 11.8 Å². The van der Waals surface area contributed by atoms with Gasteiger partial charge in [-0.3, -0.25) is 0 Å². The predicted molar refractivity (Wildman–Crippen MR) is 116 cm³/mol. The minimum atomic E-state index is -1.48. The lowest BCUT2D eigenvalue weighted by molar-refractivity contribution is 0.307. The molecule has 0 radical (unpaired) electrons.